The molecule has 0 unspecified atom stereocenters. The molecule has 0 fully saturated rings. The minimum absolute atomic E-state index is 0.101. The highest BCUT2D eigenvalue weighted by Crippen LogP contribution is 2.25. The standard InChI is InChI=1S/C17H21NO4/c1-11-8-13(9-12(2)16(11)22-10-15(19)20)17(21)18-14-6-4-3-5-7-14/h3-4,8-9,14H,5-7,10H2,1-2H3,(H,18,21)(H,19,20)/t14-/m0/s1. The second-order valence-corrected chi connectivity index (χ2v) is 5.58. The van der Waals surface area contributed by atoms with Gasteiger partial charge >= 0.3 is 5.97 Å². The summed E-state index contributed by atoms with van der Waals surface area (Å²) in [6.45, 7) is 3.23. The van der Waals surface area contributed by atoms with Crippen molar-refractivity contribution in [1.29, 1.82) is 0 Å². The van der Waals surface area contributed by atoms with Gasteiger partial charge in [-0.3, -0.25) is 4.79 Å². The van der Waals surface area contributed by atoms with Crippen molar-refractivity contribution in [3.8, 4) is 5.75 Å². The lowest BCUT2D eigenvalue weighted by Gasteiger charge is -2.20. The van der Waals surface area contributed by atoms with Crippen LogP contribution >= 0.6 is 0 Å². The number of amides is 1. The van der Waals surface area contributed by atoms with Crippen LogP contribution in [-0.4, -0.2) is 29.6 Å². The number of hydrogen-bond donors (Lipinski definition) is 2. The number of hydrogen-bond acceptors (Lipinski definition) is 3. The van der Waals surface area contributed by atoms with E-state index in [0.717, 1.165) is 30.4 Å². The summed E-state index contributed by atoms with van der Waals surface area (Å²) in [6.07, 6.45) is 7.04. The number of allylic oxidation sites excluding steroid dienone is 1. The summed E-state index contributed by atoms with van der Waals surface area (Å²) < 4.78 is 5.27. The van der Waals surface area contributed by atoms with Crippen LogP contribution in [0.4, 0.5) is 0 Å². The number of carboxylic acid groups (broad SMARTS) is 1. The molecule has 0 aromatic heterocycles. The highest BCUT2D eigenvalue weighted by Gasteiger charge is 2.16. The van der Waals surface area contributed by atoms with Gasteiger partial charge in [-0.15, -0.1) is 0 Å². The van der Waals surface area contributed by atoms with Gasteiger partial charge in [0.05, 0.1) is 0 Å². The zero-order valence-electron chi connectivity index (χ0n) is 12.9. The molecule has 0 spiro atoms. The van der Waals surface area contributed by atoms with Gasteiger partial charge in [0.25, 0.3) is 5.91 Å². The Hall–Kier alpha value is -2.30. The molecule has 1 aliphatic rings. The third-order valence-corrected chi connectivity index (χ3v) is 3.67. The van der Waals surface area contributed by atoms with Crippen molar-refractivity contribution < 1.29 is 19.4 Å². The highest BCUT2D eigenvalue weighted by molar-refractivity contribution is 5.95. The minimum Gasteiger partial charge on any atom is -0.481 e. The summed E-state index contributed by atoms with van der Waals surface area (Å²) in [5, 5.41) is 11.7. The van der Waals surface area contributed by atoms with Gasteiger partial charge in [0.15, 0.2) is 6.61 Å². The van der Waals surface area contributed by atoms with E-state index in [4.69, 9.17) is 9.84 Å². The number of aryl methyl sites for hydroxylation is 2. The smallest absolute Gasteiger partial charge is 0.341 e. The van der Waals surface area contributed by atoms with Crippen LogP contribution in [0.15, 0.2) is 24.3 Å². The van der Waals surface area contributed by atoms with Crippen LogP contribution in [0, 0.1) is 13.8 Å². The molecule has 0 bridgehead atoms. The minimum atomic E-state index is -1.02. The van der Waals surface area contributed by atoms with Crippen LogP contribution in [0.5, 0.6) is 5.75 Å². The molecule has 118 valence electrons. The molecule has 0 saturated carbocycles. The molecule has 5 heteroatoms. The Morgan fingerprint density at radius 1 is 1.27 bits per heavy atom. The molecule has 1 amide bonds. The molecule has 0 radical (unpaired) electrons. The van der Waals surface area contributed by atoms with E-state index in [0.29, 0.717) is 11.3 Å². The molecule has 0 saturated heterocycles. The van der Waals surface area contributed by atoms with Gasteiger partial charge in [0.1, 0.15) is 5.75 Å². The largest absolute Gasteiger partial charge is 0.481 e. The molecular weight excluding hydrogens is 282 g/mol. The summed E-state index contributed by atoms with van der Waals surface area (Å²) >= 11 is 0. The van der Waals surface area contributed by atoms with Crippen molar-refractivity contribution >= 4 is 11.9 Å². The zero-order valence-corrected chi connectivity index (χ0v) is 12.9. The van der Waals surface area contributed by atoms with Gasteiger partial charge in [-0.2, -0.15) is 0 Å². The third-order valence-electron chi connectivity index (χ3n) is 3.67. The van der Waals surface area contributed by atoms with E-state index in [1.165, 1.54) is 0 Å². The van der Waals surface area contributed by atoms with Crippen LogP contribution in [-0.2, 0) is 4.79 Å². The van der Waals surface area contributed by atoms with Gasteiger partial charge in [0, 0.05) is 11.6 Å². The SMILES string of the molecule is Cc1cc(C(=O)N[C@H]2CC=CCC2)cc(C)c1OCC(=O)O. The number of ether oxygens (including phenoxy) is 1. The maximum Gasteiger partial charge on any atom is 0.341 e. The normalized spacial score (nSPS) is 17.1. The molecule has 1 aliphatic carbocycles. The highest BCUT2D eigenvalue weighted by atomic mass is 16.5. The van der Waals surface area contributed by atoms with E-state index in [-0.39, 0.29) is 18.6 Å². The zero-order chi connectivity index (χ0) is 16.1. The fraction of sp³-hybridized carbons (Fsp3) is 0.412. The summed E-state index contributed by atoms with van der Waals surface area (Å²) in [5.41, 5.74) is 2.09. The molecule has 2 N–H and O–H groups in total. The van der Waals surface area contributed by atoms with E-state index >= 15 is 0 Å². The molecule has 22 heavy (non-hydrogen) atoms. The lowest BCUT2D eigenvalue weighted by atomic mass is 10.0. The topological polar surface area (TPSA) is 75.6 Å². The quantitative estimate of drug-likeness (QED) is 0.820. The average Bonchev–Trinajstić information content (AvgIpc) is 2.47. The molecule has 1 aromatic carbocycles. The number of nitrogens with one attached hydrogen (secondary N) is 1. The average molecular weight is 303 g/mol. The Morgan fingerprint density at radius 2 is 1.95 bits per heavy atom. The first-order valence-electron chi connectivity index (χ1n) is 7.39. The van der Waals surface area contributed by atoms with E-state index in [2.05, 4.69) is 17.5 Å². The van der Waals surface area contributed by atoms with Gasteiger partial charge in [-0.25, -0.2) is 4.79 Å². The van der Waals surface area contributed by atoms with Crippen LogP contribution in [0.1, 0.15) is 40.7 Å². The Labute approximate surface area is 130 Å². The summed E-state index contributed by atoms with van der Waals surface area (Å²) in [7, 11) is 0. The van der Waals surface area contributed by atoms with Gasteiger partial charge in [0.2, 0.25) is 0 Å². The molecule has 5 nitrogen and oxygen atoms in total. The summed E-state index contributed by atoms with van der Waals surface area (Å²) in [5.74, 6) is -0.596. The number of benzene rings is 1. The Balaban J connectivity index is 2.09. The third kappa shape index (κ3) is 4.10. The van der Waals surface area contributed by atoms with Gasteiger partial charge < -0.3 is 15.2 Å². The molecule has 2 rings (SSSR count). The summed E-state index contributed by atoms with van der Waals surface area (Å²) in [6, 6.07) is 3.65. The fourth-order valence-electron chi connectivity index (χ4n) is 2.64. The first-order valence-corrected chi connectivity index (χ1v) is 7.39. The van der Waals surface area contributed by atoms with E-state index in [9.17, 15) is 9.59 Å². The molecular formula is C17H21NO4. The van der Waals surface area contributed by atoms with Crippen LogP contribution in [0.25, 0.3) is 0 Å². The Morgan fingerprint density at radius 3 is 2.50 bits per heavy atom. The maximum absolute atomic E-state index is 12.3. The van der Waals surface area contributed by atoms with Crippen molar-refractivity contribution in [3.63, 3.8) is 0 Å². The van der Waals surface area contributed by atoms with Gasteiger partial charge in [-0.05, 0) is 56.4 Å². The van der Waals surface area contributed by atoms with Gasteiger partial charge in [-0.1, -0.05) is 12.2 Å². The predicted octanol–water partition coefficient (Wildman–Crippen LogP) is 2.61. The van der Waals surface area contributed by atoms with Crippen LogP contribution in [0.3, 0.4) is 0 Å². The van der Waals surface area contributed by atoms with Crippen molar-refractivity contribution in [2.75, 3.05) is 6.61 Å². The summed E-state index contributed by atoms with van der Waals surface area (Å²) in [4.78, 5) is 22.9. The number of carbonyl (C=O) groups excluding carboxylic acids is 1. The molecule has 1 aromatic rings. The van der Waals surface area contributed by atoms with Crippen molar-refractivity contribution in [2.45, 2.75) is 39.2 Å². The fourth-order valence-corrected chi connectivity index (χ4v) is 2.64. The Kier molecular flexibility index (Phi) is 5.20. The van der Waals surface area contributed by atoms with Crippen molar-refractivity contribution in [3.05, 3.63) is 41.0 Å². The number of rotatable bonds is 5. The van der Waals surface area contributed by atoms with Crippen molar-refractivity contribution in [2.24, 2.45) is 0 Å². The predicted molar refractivity (Wildman–Crippen MR) is 83.3 cm³/mol. The van der Waals surface area contributed by atoms with E-state index in [1.807, 2.05) is 13.8 Å². The first kappa shape index (κ1) is 16.1. The first-order chi connectivity index (χ1) is 10.5. The Bertz CT molecular complexity index is 584. The second kappa shape index (κ2) is 7.11. The second-order valence-electron chi connectivity index (χ2n) is 5.58. The van der Waals surface area contributed by atoms with Crippen LogP contribution < -0.4 is 10.1 Å². The van der Waals surface area contributed by atoms with Crippen LogP contribution in [0.2, 0.25) is 0 Å². The van der Waals surface area contributed by atoms with Crippen molar-refractivity contribution in [1.82, 2.24) is 5.32 Å². The molecule has 0 heterocycles. The van der Waals surface area contributed by atoms with E-state index < -0.39 is 5.97 Å². The number of carboxylic acids is 1. The lowest BCUT2D eigenvalue weighted by Crippen LogP contribution is -2.35. The number of carbonyl (C=O) groups is 2. The molecule has 1 atom stereocenters. The molecule has 0 aliphatic heterocycles. The lowest BCUT2D eigenvalue weighted by molar-refractivity contribution is -0.139. The maximum atomic E-state index is 12.3. The monoisotopic (exact) mass is 303 g/mol. The van der Waals surface area contributed by atoms with E-state index in [1.54, 1.807) is 12.1 Å². The number of aliphatic carboxylic acids is 1.